The molecule has 0 radical (unpaired) electrons. The number of unbranched alkanes of at least 4 members (excludes halogenated alkanes) is 13. The van der Waals surface area contributed by atoms with Crippen LogP contribution in [0.4, 0.5) is 0 Å². The van der Waals surface area contributed by atoms with Gasteiger partial charge in [0.1, 0.15) is 6.04 Å². The summed E-state index contributed by atoms with van der Waals surface area (Å²) in [6.07, 6.45) is 23.5. The highest BCUT2D eigenvalue weighted by molar-refractivity contribution is 5.87. The fraction of sp³-hybridized carbons (Fsp3) is 0.878. The summed E-state index contributed by atoms with van der Waals surface area (Å²) in [5, 5.41) is 5.75. The molecule has 0 rings (SSSR count). The van der Waals surface area contributed by atoms with Gasteiger partial charge in [0.25, 0.3) is 0 Å². The standard InChI is InChI=1S/C41H79N5O6/c1-5-9-13-19-26-34(24-11-7-3)39(49)51-32-22-18-16-15-17-21-30-44-38(48)36(29-31-45-41(42)43)46-37(47)28-23-33-52-40(50)35(25-12-8-4)27-20-14-10-6-2/h34-36H,5-33H2,1-4H3,(H,44,48)(H,46,47)(H4,42,43,45)/t34?,35?,36-/m0/s1. The third-order valence-corrected chi connectivity index (χ3v) is 9.56. The molecule has 6 N–H and O–H groups in total. The van der Waals surface area contributed by atoms with E-state index < -0.39 is 6.04 Å². The van der Waals surface area contributed by atoms with E-state index in [0.29, 0.717) is 19.6 Å². The largest absolute Gasteiger partial charge is 0.465 e. The Labute approximate surface area is 317 Å². The molecule has 11 nitrogen and oxygen atoms in total. The Morgan fingerprint density at radius 1 is 0.558 bits per heavy atom. The molecule has 0 saturated heterocycles. The second-order valence-corrected chi connectivity index (χ2v) is 14.4. The van der Waals surface area contributed by atoms with Crippen molar-refractivity contribution >= 4 is 29.7 Å². The third-order valence-electron chi connectivity index (χ3n) is 9.56. The first-order valence-corrected chi connectivity index (χ1v) is 21.2. The predicted octanol–water partition coefficient (Wildman–Crippen LogP) is 8.01. The molecule has 2 unspecified atom stereocenters. The van der Waals surface area contributed by atoms with Crippen molar-refractivity contribution in [1.82, 2.24) is 10.6 Å². The number of carbonyl (C=O) groups excluding carboxylic acids is 4. The molecule has 0 bridgehead atoms. The van der Waals surface area contributed by atoms with Crippen LogP contribution in [0.15, 0.2) is 4.99 Å². The van der Waals surface area contributed by atoms with Crippen molar-refractivity contribution in [3.63, 3.8) is 0 Å². The van der Waals surface area contributed by atoms with E-state index in [2.05, 4.69) is 43.3 Å². The average molecular weight is 738 g/mol. The van der Waals surface area contributed by atoms with Gasteiger partial charge in [-0.1, -0.05) is 130 Å². The van der Waals surface area contributed by atoms with E-state index >= 15 is 0 Å². The summed E-state index contributed by atoms with van der Waals surface area (Å²) in [5.74, 6) is -0.839. The zero-order valence-electron chi connectivity index (χ0n) is 33.8. The first-order valence-electron chi connectivity index (χ1n) is 21.2. The quantitative estimate of drug-likeness (QED) is 0.0216. The molecule has 0 spiro atoms. The van der Waals surface area contributed by atoms with Crippen molar-refractivity contribution in [2.75, 3.05) is 26.3 Å². The van der Waals surface area contributed by atoms with Crippen LogP contribution in [0.5, 0.6) is 0 Å². The number of hydrogen-bond donors (Lipinski definition) is 4. The summed E-state index contributed by atoms with van der Waals surface area (Å²) in [6, 6.07) is -0.764. The molecule has 0 heterocycles. The molecule has 0 aromatic rings. The van der Waals surface area contributed by atoms with Crippen LogP contribution in [0.1, 0.15) is 188 Å². The van der Waals surface area contributed by atoms with E-state index in [-0.39, 0.29) is 67.5 Å². The first kappa shape index (κ1) is 49.1. The van der Waals surface area contributed by atoms with E-state index in [9.17, 15) is 19.2 Å². The highest BCUT2D eigenvalue weighted by Gasteiger charge is 2.22. The number of aliphatic imine (C=N–C) groups is 1. The normalized spacial score (nSPS) is 12.8. The molecule has 304 valence electrons. The minimum absolute atomic E-state index is 0.0198. The number of carbonyl (C=O) groups is 4. The summed E-state index contributed by atoms with van der Waals surface area (Å²) in [6.45, 7) is 10.0. The van der Waals surface area contributed by atoms with Gasteiger partial charge in [0, 0.05) is 19.5 Å². The van der Waals surface area contributed by atoms with Crippen LogP contribution in [0.2, 0.25) is 0 Å². The van der Waals surface area contributed by atoms with Gasteiger partial charge in [0.05, 0.1) is 25.0 Å². The molecule has 0 aliphatic carbocycles. The van der Waals surface area contributed by atoms with Crippen molar-refractivity contribution < 1.29 is 28.7 Å². The molecule has 0 aliphatic rings. The van der Waals surface area contributed by atoms with Gasteiger partial charge in [-0.2, -0.15) is 0 Å². The minimum atomic E-state index is -0.764. The van der Waals surface area contributed by atoms with Crippen molar-refractivity contribution in [3.8, 4) is 0 Å². The Balaban J connectivity index is 4.44. The lowest BCUT2D eigenvalue weighted by Gasteiger charge is -2.18. The molecular formula is C41H79N5O6. The van der Waals surface area contributed by atoms with Crippen molar-refractivity contribution in [3.05, 3.63) is 0 Å². The third kappa shape index (κ3) is 28.7. The molecule has 0 aliphatic heterocycles. The van der Waals surface area contributed by atoms with Crippen LogP contribution < -0.4 is 22.1 Å². The highest BCUT2D eigenvalue weighted by atomic mass is 16.5. The maximum Gasteiger partial charge on any atom is 0.308 e. The summed E-state index contributed by atoms with van der Waals surface area (Å²) >= 11 is 0. The number of guanidine groups is 1. The molecule has 2 amide bonds. The maximum absolute atomic E-state index is 13.0. The zero-order valence-corrected chi connectivity index (χ0v) is 33.8. The summed E-state index contributed by atoms with van der Waals surface area (Å²) < 4.78 is 11.2. The van der Waals surface area contributed by atoms with E-state index in [1.807, 2.05) is 0 Å². The molecule has 52 heavy (non-hydrogen) atoms. The van der Waals surface area contributed by atoms with E-state index in [0.717, 1.165) is 116 Å². The lowest BCUT2D eigenvalue weighted by atomic mass is 9.95. The van der Waals surface area contributed by atoms with Crippen LogP contribution >= 0.6 is 0 Å². The molecule has 0 saturated carbocycles. The van der Waals surface area contributed by atoms with Gasteiger partial charge in [-0.15, -0.1) is 0 Å². The lowest BCUT2D eigenvalue weighted by molar-refractivity contribution is -0.150. The maximum atomic E-state index is 13.0. The summed E-state index contributed by atoms with van der Waals surface area (Å²) in [7, 11) is 0. The number of rotatable bonds is 36. The average Bonchev–Trinajstić information content (AvgIpc) is 3.12. The van der Waals surface area contributed by atoms with Gasteiger partial charge < -0.3 is 31.6 Å². The van der Waals surface area contributed by atoms with Crippen molar-refractivity contribution in [2.45, 2.75) is 194 Å². The van der Waals surface area contributed by atoms with E-state index in [1.54, 1.807) is 0 Å². The monoisotopic (exact) mass is 738 g/mol. The summed E-state index contributed by atoms with van der Waals surface area (Å²) in [4.78, 5) is 55.0. The smallest absolute Gasteiger partial charge is 0.308 e. The van der Waals surface area contributed by atoms with Crippen LogP contribution in [0.25, 0.3) is 0 Å². The predicted molar refractivity (Wildman–Crippen MR) is 213 cm³/mol. The van der Waals surface area contributed by atoms with Crippen LogP contribution in [0.3, 0.4) is 0 Å². The Bertz CT molecular complexity index is 943. The molecular weight excluding hydrogens is 658 g/mol. The molecule has 11 heteroatoms. The molecule has 0 aromatic heterocycles. The molecule has 3 atom stereocenters. The zero-order chi connectivity index (χ0) is 38.7. The molecule has 0 fully saturated rings. The fourth-order valence-electron chi connectivity index (χ4n) is 6.24. The van der Waals surface area contributed by atoms with Crippen molar-refractivity contribution in [1.29, 1.82) is 0 Å². The number of amides is 2. The van der Waals surface area contributed by atoms with Crippen LogP contribution in [-0.2, 0) is 28.7 Å². The first-order chi connectivity index (χ1) is 25.2. The lowest BCUT2D eigenvalue weighted by Crippen LogP contribution is -2.47. The Morgan fingerprint density at radius 3 is 1.54 bits per heavy atom. The minimum Gasteiger partial charge on any atom is -0.465 e. The van der Waals surface area contributed by atoms with Gasteiger partial charge >= 0.3 is 11.9 Å². The van der Waals surface area contributed by atoms with Gasteiger partial charge in [-0.05, 0) is 51.4 Å². The Kier molecular flexibility index (Phi) is 33.3. The van der Waals surface area contributed by atoms with Crippen LogP contribution in [0, 0.1) is 11.8 Å². The van der Waals surface area contributed by atoms with Crippen LogP contribution in [-0.4, -0.2) is 62.1 Å². The molecule has 0 aromatic carbocycles. The Morgan fingerprint density at radius 2 is 1.02 bits per heavy atom. The van der Waals surface area contributed by atoms with Gasteiger partial charge in [-0.25, -0.2) is 0 Å². The number of nitrogens with one attached hydrogen (secondary N) is 2. The second-order valence-electron chi connectivity index (χ2n) is 14.4. The van der Waals surface area contributed by atoms with Crippen molar-refractivity contribution in [2.24, 2.45) is 28.3 Å². The number of nitrogens with zero attached hydrogens (tertiary/aromatic N) is 1. The van der Waals surface area contributed by atoms with E-state index in [4.69, 9.17) is 20.9 Å². The number of hydrogen-bond acceptors (Lipinski definition) is 7. The fourth-order valence-corrected chi connectivity index (χ4v) is 6.24. The number of nitrogens with two attached hydrogens (primary N) is 2. The summed E-state index contributed by atoms with van der Waals surface area (Å²) in [5.41, 5.74) is 10.9. The topological polar surface area (TPSA) is 175 Å². The van der Waals surface area contributed by atoms with Gasteiger partial charge in [-0.3, -0.25) is 24.2 Å². The Hall–Kier alpha value is -2.85. The SMILES string of the molecule is CCCCCCC(CCCC)C(=O)OCCCCCCCCNC(=O)[C@H](CCN=C(N)N)NC(=O)CCCOC(=O)C(CCCC)CCCCCC. The second kappa shape index (κ2) is 35.2. The van der Waals surface area contributed by atoms with E-state index in [1.165, 1.54) is 25.7 Å². The van der Waals surface area contributed by atoms with Gasteiger partial charge in [0.2, 0.25) is 11.8 Å². The number of ether oxygens (including phenoxy) is 2. The van der Waals surface area contributed by atoms with Gasteiger partial charge in [0.15, 0.2) is 5.96 Å². The number of esters is 2. The highest BCUT2D eigenvalue weighted by Crippen LogP contribution is 2.20.